The van der Waals surface area contributed by atoms with Gasteiger partial charge in [-0.3, -0.25) is 5.10 Å². The monoisotopic (exact) mass is 316 g/mol. The van der Waals surface area contributed by atoms with Gasteiger partial charge >= 0.3 is 5.97 Å². The molecule has 2 aromatic carbocycles. The highest BCUT2D eigenvalue weighted by Crippen LogP contribution is 2.27. The van der Waals surface area contributed by atoms with E-state index in [0.717, 1.165) is 0 Å². The van der Waals surface area contributed by atoms with Crippen molar-refractivity contribution in [1.29, 1.82) is 0 Å². The van der Waals surface area contributed by atoms with E-state index in [1.807, 2.05) is 0 Å². The van der Waals surface area contributed by atoms with Crippen LogP contribution in [0.4, 0.5) is 4.39 Å². The average molecular weight is 317 g/mol. The Labute approximate surface area is 130 Å². The molecule has 0 spiro atoms. The molecule has 22 heavy (non-hydrogen) atoms. The fourth-order valence-corrected chi connectivity index (χ4v) is 2.29. The van der Waals surface area contributed by atoms with Gasteiger partial charge in [0.2, 0.25) is 0 Å². The number of hydrogen-bond acceptors (Lipinski definition) is 2. The number of carbonyl (C=O) groups is 1. The molecule has 6 heteroatoms. The van der Waals surface area contributed by atoms with Gasteiger partial charge < -0.3 is 5.11 Å². The van der Waals surface area contributed by atoms with Gasteiger partial charge in [0.1, 0.15) is 5.82 Å². The highest BCUT2D eigenvalue weighted by atomic mass is 35.5. The molecule has 0 unspecified atom stereocenters. The van der Waals surface area contributed by atoms with Crippen LogP contribution in [0.1, 0.15) is 10.4 Å². The Kier molecular flexibility index (Phi) is 3.65. The van der Waals surface area contributed by atoms with E-state index in [1.165, 1.54) is 18.2 Å². The molecule has 3 aromatic rings. The smallest absolute Gasteiger partial charge is 0.335 e. The molecule has 0 aliphatic rings. The highest BCUT2D eigenvalue weighted by Gasteiger charge is 2.11. The lowest BCUT2D eigenvalue weighted by atomic mass is 10.1. The normalized spacial score (nSPS) is 10.6. The molecule has 110 valence electrons. The molecule has 4 nitrogen and oxygen atoms in total. The summed E-state index contributed by atoms with van der Waals surface area (Å²) < 4.78 is 13.9. The Hall–Kier alpha value is -2.66. The van der Waals surface area contributed by atoms with Crippen molar-refractivity contribution in [2.45, 2.75) is 0 Å². The summed E-state index contributed by atoms with van der Waals surface area (Å²) in [5, 5.41) is 16.2. The van der Waals surface area contributed by atoms with Crippen LogP contribution in [0.2, 0.25) is 5.02 Å². The maximum absolute atomic E-state index is 13.9. The topological polar surface area (TPSA) is 66.0 Å². The van der Waals surface area contributed by atoms with E-state index in [0.29, 0.717) is 27.5 Å². The number of benzene rings is 2. The number of aromatic amines is 1. The van der Waals surface area contributed by atoms with Crippen molar-refractivity contribution < 1.29 is 14.3 Å². The van der Waals surface area contributed by atoms with Gasteiger partial charge in [-0.2, -0.15) is 5.10 Å². The molecular weight excluding hydrogens is 307 g/mol. The second-order valence-electron chi connectivity index (χ2n) is 4.68. The number of aromatic nitrogens is 2. The fraction of sp³-hybridized carbons (Fsp3) is 0. The lowest BCUT2D eigenvalue weighted by Gasteiger charge is -2.00. The van der Waals surface area contributed by atoms with Crippen LogP contribution >= 0.6 is 11.6 Å². The van der Waals surface area contributed by atoms with E-state index in [1.54, 1.807) is 30.3 Å². The minimum atomic E-state index is -1.01. The Balaban J connectivity index is 2.00. The first kappa shape index (κ1) is 14.3. The summed E-state index contributed by atoms with van der Waals surface area (Å²) in [4.78, 5) is 11.0. The Morgan fingerprint density at radius 2 is 2.00 bits per heavy atom. The predicted octanol–water partition coefficient (Wildman–Crippen LogP) is 4.23. The van der Waals surface area contributed by atoms with Crippen molar-refractivity contribution in [2.24, 2.45) is 0 Å². The molecule has 0 atom stereocenters. The van der Waals surface area contributed by atoms with Crippen LogP contribution in [0.3, 0.4) is 0 Å². The average Bonchev–Trinajstić information content (AvgIpc) is 2.97. The summed E-state index contributed by atoms with van der Waals surface area (Å²) in [5.41, 5.74) is 2.17. The Morgan fingerprint density at radius 1 is 1.18 bits per heavy atom. The molecule has 1 aromatic heterocycles. The van der Waals surface area contributed by atoms with Crippen LogP contribution in [-0.2, 0) is 0 Å². The third kappa shape index (κ3) is 2.71. The summed E-state index contributed by atoms with van der Waals surface area (Å²) in [6.07, 6.45) is 0. The van der Waals surface area contributed by atoms with E-state index in [4.69, 9.17) is 16.7 Å². The van der Waals surface area contributed by atoms with Crippen molar-refractivity contribution in [3.8, 4) is 22.5 Å². The lowest BCUT2D eigenvalue weighted by Crippen LogP contribution is -1.95. The summed E-state index contributed by atoms with van der Waals surface area (Å²) >= 11 is 5.73. The minimum Gasteiger partial charge on any atom is -0.478 e. The molecule has 0 radical (unpaired) electrons. The van der Waals surface area contributed by atoms with E-state index >= 15 is 0 Å². The summed E-state index contributed by atoms with van der Waals surface area (Å²) in [6.45, 7) is 0. The zero-order chi connectivity index (χ0) is 15.7. The van der Waals surface area contributed by atoms with Crippen molar-refractivity contribution >= 4 is 17.6 Å². The van der Waals surface area contributed by atoms with E-state index in [2.05, 4.69) is 10.2 Å². The number of H-pyrrole nitrogens is 1. The molecule has 1 heterocycles. The number of nitrogens with zero attached hydrogens (tertiary/aromatic N) is 1. The van der Waals surface area contributed by atoms with Crippen LogP contribution in [-0.4, -0.2) is 21.3 Å². The molecule has 0 bridgehead atoms. The number of halogens is 2. The minimum absolute atomic E-state index is 0.166. The number of nitrogens with one attached hydrogen (secondary N) is 1. The Bertz CT molecular complexity index is 861. The van der Waals surface area contributed by atoms with E-state index in [-0.39, 0.29) is 5.56 Å². The van der Waals surface area contributed by atoms with Crippen molar-refractivity contribution in [3.63, 3.8) is 0 Å². The quantitative estimate of drug-likeness (QED) is 0.759. The zero-order valence-corrected chi connectivity index (χ0v) is 11.9. The van der Waals surface area contributed by atoms with Crippen molar-refractivity contribution in [2.75, 3.05) is 0 Å². The standard InChI is InChI=1S/C16H10ClFN2O2/c17-11-4-5-12(13(18)7-11)15-8-14(19-20-15)9-2-1-3-10(6-9)16(21)22/h1-8H,(H,19,20)(H,21,22). The van der Waals surface area contributed by atoms with Gasteiger partial charge in [-0.05, 0) is 36.4 Å². The number of carboxylic acid groups (broad SMARTS) is 1. The predicted molar refractivity (Wildman–Crippen MR) is 81.4 cm³/mol. The van der Waals surface area contributed by atoms with Crippen LogP contribution in [0.25, 0.3) is 22.5 Å². The maximum Gasteiger partial charge on any atom is 0.335 e. The van der Waals surface area contributed by atoms with Gasteiger partial charge in [0.25, 0.3) is 0 Å². The number of carboxylic acids is 1. The lowest BCUT2D eigenvalue weighted by molar-refractivity contribution is 0.0697. The van der Waals surface area contributed by atoms with Gasteiger partial charge in [0.15, 0.2) is 0 Å². The molecule has 0 aliphatic carbocycles. The highest BCUT2D eigenvalue weighted by molar-refractivity contribution is 6.30. The molecule has 0 saturated carbocycles. The van der Waals surface area contributed by atoms with E-state index < -0.39 is 11.8 Å². The summed E-state index contributed by atoms with van der Waals surface area (Å²) in [6, 6.07) is 12.4. The van der Waals surface area contributed by atoms with Gasteiger partial charge in [-0.15, -0.1) is 0 Å². The SMILES string of the molecule is O=C(O)c1cccc(-c2cc(-c3ccc(Cl)cc3F)[nH]n2)c1. The molecule has 0 aliphatic heterocycles. The summed E-state index contributed by atoms with van der Waals surface area (Å²) in [5.74, 6) is -1.47. The molecular formula is C16H10ClFN2O2. The number of aromatic carboxylic acids is 1. The first-order valence-electron chi connectivity index (χ1n) is 6.39. The number of rotatable bonds is 3. The van der Waals surface area contributed by atoms with Gasteiger partial charge in [0, 0.05) is 16.1 Å². The molecule has 3 rings (SSSR count). The fourth-order valence-electron chi connectivity index (χ4n) is 2.13. The van der Waals surface area contributed by atoms with Crippen molar-refractivity contribution in [3.05, 3.63) is 64.9 Å². The third-order valence-electron chi connectivity index (χ3n) is 3.20. The zero-order valence-electron chi connectivity index (χ0n) is 11.2. The second kappa shape index (κ2) is 5.61. The van der Waals surface area contributed by atoms with E-state index in [9.17, 15) is 9.18 Å². The molecule has 0 saturated heterocycles. The van der Waals surface area contributed by atoms with Crippen LogP contribution in [0.15, 0.2) is 48.5 Å². The first-order valence-corrected chi connectivity index (χ1v) is 6.77. The molecule has 2 N–H and O–H groups in total. The molecule has 0 fully saturated rings. The van der Waals surface area contributed by atoms with Gasteiger partial charge in [0.05, 0.1) is 17.0 Å². The van der Waals surface area contributed by atoms with Crippen molar-refractivity contribution in [1.82, 2.24) is 10.2 Å². The van der Waals surface area contributed by atoms with Gasteiger partial charge in [-0.1, -0.05) is 23.7 Å². The van der Waals surface area contributed by atoms with Crippen LogP contribution < -0.4 is 0 Å². The van der Waals surface area contributed by atoms with Crippen LogP contribution in [0, 0.1) is 5.82 Å². The maximum atomic E-state index is 13.9. The molecule has 0 amide bonds. The second-order valence-corrected chi connectivity index (χ2v) is 5.11. The summed E-state index contributed by atoms with van der Waals surface area (Å²) in [7, 11) is 0. The first-order chi connectivity index (χ1) is 10.5. The van der Waals surface area contributed by atoms with Gasteiger partial charge in [-0.25, -0.2) is 9.18 Å². The third-order valence-corrected chi connectivity index (χ3v) is 3.44. The largest absolute Gasteiger partial charge is 0.478 e. The number of hydrogen-bond donors (Lipinski definition) is 2. The van der Waals surface area contributed by atoms with Crippen LogP contribution in [0.5, 0.6) is 0 Å². The Morgan fingerprint density at radius 3 is 2.73 bits per heavy atom.